The minimum Gasteiger partial charge on any atom is -0.492 e. The molecular weight excluding hydrogens is 424 g/mol. The average Bonchev–Trinajstić information content (AvgIpc) is 3.26. The molecule has 0 atom stereocenters. The molecule has 0 spiro atoms. The number of carbonyl (C=O) groups excluding carboxylic acids is 2. The van der Waals surface area contributed by atoms with Crippen molar-refractivity contribution >= 4 is 39.1 Å². The molecule has 1 N–H and O–H groups in total. The molecule has 9 heteroatoms. The second-order valence-corrected chi connectivity index (χ2v) is 7.94. The van der Waals surface area contributed by atoms with Gasteiger partial charge in [-0.2, -0.15) is 0 Å². The number of carbonyl (C=O) groups is 2. The van der Waals surface area contributed by atoms with E-state index >= 15 is 0 Å². The van der Waals surface area contributed by atoms with Crippen LogP contribution in [0.4, 0.5) is 0 Å². The number of fused-ring (bicyclic) bond motifs is 1. The Kier molecular flexibility index (Phi) is 6.00. The standard InChI is InChI=1S/C17H17BrN2O5S/c1-20(17(22)14-4-5-15(18)26-14)9-16(21)19-6-7-23-11-2-3-12-13(8-11)25-10-24-12/h2-5,8H,6-7,9-10H2,1H3,(H,19,21). The molecule has 0 aliphatic carbocycles. The molecular formula is C17H17BrN2O5S. The van der Waals surface area contributed by atoms with Gasteiger partial charge >= 0.3 is 0 Å². The molecule has 0 bridgehead atoms. The van der Waals surface area contributed by atoms with E-state index in [0.29, 0.717) is 35.3 Å². The first-order valence-electron chi connectivity index (χ1n) is 7.83. The van der Waals surface area contributed by atoms with E-state index in [4.69, 9.17) is 14.2 Å². The molecule has 1 aromatic heterocycles. The van der Waals surface area contributed by atoms with Crippen molar-refractivity contribution in [2.45, 2.75) is 0 Å². The van der Waals surface area contributed by atoms with Gasteiger partial charge in [0.15, 0.2) is 11.5 Å². The van der Waals surface area contributed by atoms with Crippen LogP contribution in [0.25, 0.3) is 0 Å². The lowest BCUT2D eigenvalue weighted by Gasteiger charge is -2.16. The number of nitrogens with one attached hydrogen (secondary N) is 1. The largest absolute Gasteiger partial charge is 0.492 e. The second-order valence-electron chi connectivity index (χ2n) is 5.48. The molecule has 0 saturated carbocycles. The van der Waals surface area contributed by atoms with Crippen molar-refractivity contribution in [2.75, 3.05) is 33.5 Å². The van der Waals surface area contributed by atoms with Crippen LogP contribution in [0, 0.1) is 0 Å². The molecule has 0 saturated heterocycles. The lowest BCUT2D eigenvalue weighted by molar-refractivity contribution is -0.121. The number of benzene rings is 1. The van der Waals surface area contributed by atoms with Crippen LogP contribution in [0.5, 0.6) is 17.2 Å². The number of hydrogen-bond acceptors (Lipinski definition) is 6. The minimum atomic E-state index is -0.245. The lowest BCUT2D eigenvalue weighted by Crippen LogP contribution is -2.39. The molecule has 2 heterocycles. The summed E-state index contributed by atoms with van der Waals surface area (Å²) in [6.45, 7) is 0.836. The smallest absolute Gasteiger partial charge is 0.264 e. The van der Waals surface area contributed by atoms with E-state index in [0.717, 1.165) is 3.79 Å². The molecule has 0 unspecified atom stereocenters. The van der Waals surface area contributed by atoms with Crippen LogP contribution in [0.2, 0.25) is 0 Å². The van der Waals surface area contributed by atoms with Crippen LogP contribution in [-0.2, 0) is 4.79 Å². The van der Waals surface area contributed by atoms with Gasteiger partial charge in [-0.25, -0.2) is 0 Å². The summed E-state index contributed by atoms with van der Waals surface area (Å²) in [6, 6.07) is 8.83. The molecule has 3 rings (SSSR count). The summed E-state index contributed by atoms with van der Waals surface area (Å²) in [5.74, 6) is 1.54. The quantitative estimate of drug-likeness (QED) is 0.669. The third-order valence-corrected chi connectivity index (χ3v) is 5.16. The molecule has 2 amide bonds. The van der Waals surface area contributed by atoms with Gasteiger partial charge in [0.2, 0.25) is 12.7 Å². The summed E-state index contributed by atoms with van der Waals surface area (Å²) in [5.41, 5.74) is 0. The van der Waals surface area contributed by atoms with E-state index in [2.05, 4.69) is 21.2 Å². The number of halogens is 1. The van der Waals surface area contributed by atoms with Gasteiger partial charge in [-0.05, 0) is 40.2 Å². The van der Waals surface area contributed by atoms with Crippen molar-refractivity contribution in [3.05, 3.63) is 39.0 Å². The van der Waals surface area contributed by atoms with E-state index in [1.54, 1.807) is 37.4 Å². The Balaban J connectivity index is 1.38. The zero-order valence-electron chi connectivity index (χ0n) is 14.0. The van der Waals surface area contributed by atoms with Gasteiger partial charge < -0.3 is 24.4 Å². The Morgan fingerprint density at radius 3 is 2.85 bits per heavy atom. The highest BCUT2D eigenvalue weighted by Crippen LogP contribution is 2.34. The summed E-state index contributed by atoms with van der Waals surface area (Å²) in [7, 11) is 1.60. The molecule has 1 aliphatic heterocycles. The fourth-order valence-electron chi connectivity index (χ4n) is 2.29. The SMILES string of the molecule is CN(CC(=O)NCCOc1ccc2c(c1)OCO2)C(=O)c1ccc(Br)s1. The van der Waals surface area contributed by atoms with Gasteiger partial charge in [0.1, 0.15) is 12.4 Å². The molecule has 26 heavy (non-hydrogen) atoms. The van der Waals surface area contributed by atoms with Gasteiger partial charge in [0, 0.05) is 13.1 Å². The Labute approximate surface area is 163 Å². The average molecular weight is 441 g/mol. The van der Waals surface area contributed by atoms with E-state index < -0.39 is 0 Å². The molecule has 0 radical (unpaired) electrons. The van der Waals surface area contributed by atoms with Gasteiger partial charge in [0.05, 0.1) is 21.8 Å². The fourth-order valence-corrected chi connectivity index (χ4v) is 3.67. The van der Waals surface area contributed by atoms with Crippen molar-refractivity contribution in [1.29, 1.82) is 0 Å². The predicted molar refractivity (Wildman–Crippen MR) is 100 cm³/mol. The van der Waals surface area contributed by atoms with Crippen molar-refractivity contribution in [2.24, 2.45) is 0 Å². The van der Waals surface area contributed by atoms with Crippen LogP contribution in [0.1, 0.15) is 9.67 Å². The topological polar surface area (TPSA) is 77.1 Å². The second kappa shape index (κ2) is 8.41. The number of nitrogens with zero attached hydrogens (tertiary/aromatic N) is 1. The first-order chi connectivity index (χ1) is 12.5. The van der Waals surface area contributed by atoms with Crippen LogP contribution < -0.4 is 19.5 Å². The summed E-state index contributed by atoms with van der Waals surface area (Å²) < 4.78 is 17.0. The normalized spacial score (nSPS) is 11.9. The van der Waals surface area contributed by atoms with Crippen molar-refractivity contribution in [1.82, 2.24) is 10.2 Å². The van der Waals surface area contributed by atoms with Crippen molar-refractivity contribution < 1.29 is 23.8 Å². The van der Waals surface area contributed by atoms with Gasteiger partial charge in [0.25, 0.3) is 5.91 Å². The minimum absolute atomic E-state index is 0.0155. The molecule has 0 fully saturated rings. The van der Waals surface area contributed by atoms with Crippen molar-refractivity contribution in [3.8, 4) is 17.2 Å². The maximum atomic E-state index is 12.2. The third-order valence-electron chi connectivity index (χ3n) is 3.55. The molecule has 7 nitrogen and oxygen atoms in total. The predicted octanol–water partition coefficient (Wildman–Crippen LogP) is 2.51. The highest BCUT2D eigenvalue weighted by molar-refractivity contribution is 9.11. The monoisotopic (exact) mass is 440 g/mol. The summed E-state index contributed by atoms with van der Waals surface area (Å²) in [5, 5.41) is 2.73. The fraction of sp³-hybridized carbons (Fsp3) is 0.294. The summed E-state index contributed by atoms with van der Waals surface area (Å²) in [4.78, 5) is 26.1. The maximum Gasteiger partial charge on any atom is 0.264 e. The Bertz CT molecular complexity index is 810. The maximum absolute atomic E-state index is 12.2. The third kappa shape index (κ3) is 4.67. The van der Waals surface area contributed by atoms with Gasteiger partial charge in [-0.15, -0.1) is 11.3 Å². The number of amides is 2. The summed E-state index contributed by atoms with van der Waals surface area (Å²) in [6.07, 6.45) is 0. The first kappa shape index (κ1) is 18.5. The van der Waals surface area contributed by atoms with Crippen molar-refractivity contribution in [3.63, 3.8) is 0 Å². The van der Waals surface area contributed by atoms with E-state index in [-0.39, 0.29) is 25.2 Å². The Morgan fingerprint density at radius 1 is 1.27 bits per heavy atom. The Hall–Kier alpha value is -2.26. The number of hydrogen-bond donors (Lipinski definition) is 1. The molecule has 138 valence electrons. The van der Waals surface area contributed by atoms with E-state index in [9.17, 15) is 9.59 Å². The van der Waals surface area contributed by atoms with Crippen LogP contribution in [0.3, 0.4) is 0 Å². The van der Waals surface area contributed by atoms with Crippen LogP contribution in [0.15, 0.2) is 34.1 Å². The molecule has 1 aromatic carbocycles. The molecule has 1 aliphatic rings. The summed E-state index contributed by atoms with van der Waals surface area (Å²) >= 11 is 4.65. The number of thiophene rings is 1. The zero-order chi connectivity index (χ0) is 18.5. The Morgan fingerprint density at radius 2 is 2.08 bits per heavy atom. The number of likely N-dealkylation sites (N-methyl/N-ethyl adjacent to an activating group) is 1. The van der Waals surface area contributed by atoms with Crippen LogP contribution >= 0.6 is 27.3 Å². The lowest BCUT2D eigenvalue weighted by atomic mass is 10.3. The van der Waals surface area contributed by atoms with E-state index in [1.165, 1.54) is 16.2 Å². The van der Waals surface area contributed by atoms with Crippen LogP contribution in [-0.4, -0.2) is 50.3 Å². The molecule has 2 aromatic rings. The van der Waals surface area contributed by atoms with E-state index in [1.807, 2.05) is 0 Å². The van der Waals surface area contributed by atoms with Gasteiger partial charge in [-0.1, -0.05) is 0 Å². The van der Waals surface area contributed by atoms with Gasteiger partial charge in [-0.3, -0.25) is 9.59 Å². The number of rotatable bonds is 7. The number of ether oxygens (including phenoxy) is 3. The highest BCUT2D eigenvalue weighted by Gasteiger charge is 2.17. The highest BCUT2D eigenvalue weighted by atomic mass is 79.9. The zero-order valence-corrected chi connectivity index (χ0v) is 16.4. The first-order valence-corrected chi connectivity index (χ1v) is 9.44.